The number of fused-ring (bicyclic) bond motifs is 4. The van der Waals surface area contributed by atoms with Gasteiger partial charge in [0.1, 0.15) is 17.9 Å². The van der Waals surface area contributed by atoms with Crippen molar-refractivity contribution < 1.29 is 33.4 Å². The number of rotatable bonds is 11. The van der Waals surface area contributed by atoms with Crippen LogP contribution in [0.3, 0.4) is 0 Å². The topological polar surface area (TPSA) is 184 Å². The molecule has 62 heavy (non-hydrogen) atoms. The minimum absolute atomic E-state index is 0.0516. The standard InChI is InChI=1S/C47H54N8O7/c1-27(2)39(52-46(59)61-3)44(57)55-21-9-13-38(55)42-50-36-19-17-31-22-29(16-18-35(31)41(36)51-42)30-14-15-32-23-33(25-48-37(32)24-30)43(56)49-26-34-12-8-20-54(34)45(58)40(53-47(60)62-4)28-10-6-5-7-11-28/h5-7,10-11,14-16,18,22-25,27,34,36,38-41H,8-9,12-13,17,19-21,26H2,1-4H3,(H,49,56)(H,50,51)(H,52,59)(H,53,60)/t34-,36?,38-,39-,40+,41?/m0/s1. The molecule has 5 amide bonds. The lowest BCUT2D eigenvalue weighted by Gasteiger charge is -2.31. The van der Waals surface area contributed by atoms with E-state index in [1.165, 1.54) is 25.3 Å². The lowest BCUT2D eigenvalue weighted by Crippen LogP contribution is -2.55. The molecule has 2 unspecified atom stereocenters. The van der Waals surface area contributed by atoms with Gasteiger partial charge in [0.2, 0.25) is 11.8 Å². The average molecular weight is 843 g/mol. The zero-order chi connectivity index (χ0) is 43.5. The van der Waals surface area contributed by atoms with E-state index < -0.39 is 24.3 Å². The van der Waals surface area contributed by atoms with Crippen molar-refractivity contribution >= 4 is 46.6 Å². The minimum atomic E-state index is -0.910. The Morgan fingerprint density at radius 1 is 0.823 bits per heavy atom. The van der Waals surface area contributed by atoms with Crippen molar-refractivity contribution in [3.63, 3.8) is 0 Å². The van der Waals surface area contributed by atoms with E-state index in [1.807, 2.05) is 61.2 Å². The molecule has 0 radical (unpaired) electrons. The van der Waals surface area contributed by atoms with Crippen LogP contribution < -0.4 is 21.3 Å². The summed E-state index contributed by atoms with van der Waals surface area (Å²) >= 11 is 0. The van der Waals surface area contributed by atoms with Crippen LogP contribution in [-0.4, -0.2) is 109 Å². The minimum Gasteiger partial charge on any atom is -0.453 e. The van der Waals surface area contributed by atoms with E-state index in [0.29, 0.717) is 24.2 Å². The van der Waals surface area contributed by atoms with Crippen molar-refractivity contribution in [2.45, 2.75) is 88.6 Å². The molecule has 1 aromatic heterocycles. The zero-order valence-electron chi connectivity index (χ0n) is 35.6. The van der Waals surface area contributed by atoms with Crippen LogP contribution in [0.2, 0.25) is 0 Å². The molecular formula is C47H54N8O7. The highest BCUT2D eigenvalue weighted by molar-refractivity contribution is 5.98. The summed E-state index contributed by atoms with van der Waals surface area (Å²) in [6.45, 7) is 5.22. The van der Waals surface area contributed by atoms with Gasteiger partial charge in [0, 0.05) is 37.3 Å². The summed E-state index contributed by atoms with van der Waals surface area (Å²) < 4.78 is 9.59. The largest absolute Gasteiger partial charge is 0.453 e. The third kappa shape index (κ3) is 8.66. The summed E-state index contributed by atoms with van der Waals surface area (Å²) in [7, 11) is 2.56. The molecule has 0 bridgehead atoms. The molecule has 4 N–H and O–H groups in total. The Kier molecular flexibility index (Phi) is 12.4. The van der Waals surface area contributed by atoms with Crippen LogP contribution in [0, 0.1) is 5.92 Å². The molecule has 4 aliphatic rings. The van der Waals surface area contributed by atoms with Gasteiger partial charge in [-0.2, -0.15) is 0 Å². The van der Waals surface area contributed by atoms with Crippen molar-refractivity contribution in [2.24, 2.45) is 10.9 Å². The summed E-state index contributed by atoms with van der Waals surface area (Å²) in [6, 6.07) is 21.6. The maximum atomic E-state index is 13.8. The second kappa shape index (κ2) is 18.2. The molecule has 3 aromatic carbocycles. The molecule has 2 saturated heterocycles. The van der Waals surface area contributed by atoms with Gasteiger partial charge in [0.25, 0.3) is 5.91 Å². The van der Waals surface area contributed by atoms with Crippen LogP contribution >= 0.6 is 0 Å². The lowest BCUT2D eigenvalue weighted by molar-refractivity contribution is -0.135. The van der Waals surface area contributed by atoms with Crippen LogP contribution in [0.4, 0.5) is 9.59 Å². The highest BCUT2D eigenvalue weighted by Gasteiger charge is 2.43. The quantitative estimate of drug-likeness (QED) is 0.153. The predicted octanol–water partition coefficient (Wildman–Crippen LogP) is 5.45. The normalized spacial score (nSPS) is 21.3. The number of carbonyl (C=O) groups excluding carboxylic acids is 5. The van der Waals surface area contributed by atoms with E-state index in [-0.39, 0.29) is 54.4 Å². The number of hydrogen-bond acceptors (Lipinski definition) is 10. The summed E-state index contributed by atoms with van der Waals surface area (Å²) in [5.74, 6) is 0.0881. The number of likely N-dealkylation sites (tertiary alicyclic amines) is 2. The number of methoxy groups -OCH3 is 2. The summed E-state index contributed by atoms with van der Waals surface area (Å²) in [4.78, 5) is 78.6. The lowest BCUT2D eigenvalue weighted by atomic mass is 9.83. The van der Waals surface area contributed by atoms with Gasteiger partial charge in [0.05, 0.1) is 43.4 Å². The molecule has 0 saturated carbocycles. The van der Waals surface area contributed by atoms with E-state index in [1.54, 1.807) is 23.2 Å². The SMILES string of the molecule is COC(=O)N[C@H](C(=O)N1CCC[C@H]1C1=NC2c3ccc(-c4ccc5cc(C(=O)NC[C@@H]6CCCN6C(=O)[C@H](NC(=O)OC)c6ccccc6)cnc5c4)cc3CCC2N1)C(C)C. The van der Waals surface area contributed by atoms with Gasteiger partial charge >= 0.3 is 12.2 Å². The van der Waals surface area contributed by atoms with Crippen molar-refractivity contribution in [3.8, 4) is 11.1 Å². The second-order valence-electron chi connectivity index (χ2n) is 16.9. The van der Waals surface area contributed by atoms with Crippen LogP contribution in [0.5, 0.6) is 0 Å². The third-order valence-corrected chi connectivity index (χ3v) is 12.7. The maximum absolute atomic E-state index is 13.8. The second-order valence-corrected chi connectivity index (χ2v) is 16.9. The predicted molar refractivity (Wildman–Crippen MR) is 233 cm³/mol. The van der Waals surface area contributed by atoms with Crippen LogP contribution in [-0.2, 0) is 25.5 Å². The number of ether oxygens (including phenoxy) is 2. The molecule has 4 heterocycles. The van der Waals surface area contributed by atoms with E-state index in [0.717, 1.165) is 66.4 Å². The number of aryl methyl sites for hydroxylation is 1. The number of hydrogen-bond donors (Lipinski definition) is 4. The molecule has 6 atom stereocenters. The van der Waals surface area contributed by atoms with E-state index in [2.05, 4.69) is 44.5 Å². The van der Waals surface area contributed by atoms with Gasteiger partial charge in [-0.15, -0.1) is 0 Å². The number of aromatic nitrogens is 1. The highest BCUT2D eigenvalue weighted by atomic mass is 16.5. The molecule has 324 valence electrons. The van der Waals surface area contributed by atoms with Gasteiger partial charge < -0.3 is 40.5 Å². The van der Waals surface area contributed by atoms with E-state index in [4.69, 9.17) is 14.5 Å². The van der Waals surface area contributed by atoms with E-state index in [9.17, 15) is 24.0 Å². The maximum Gasteiger partial charge on any atom is 0.407 e. The van der Waals surface area contributed by atoms with Gasteiger partial charge in [-0.1, -0.05) is 74.5 Å². The summed E-state index contributed by atoms with van der Waals surface area (Å²) in [5.41, 5.74) is 6.35. The fourth-order valence-electron chi connectivity index (χ4n) is 9.39. The first kappa shape index (κ1) is 42.2. The molecule has 8 rings (SSSR count). The first-order valence-corrected chi connectivity index (χ1v) is 21.5. The Bertz CT molecular complexity index is 2390. The number of benzene rings is 3. The van der Waals surface area contributed by atoms with Gasteiger partial charge in [-0.25, -0.2) is 9.59 Å². The number of pyridine rings is 1. The molecule has 1 aliphatic carbocycles. The number of nitrogens with one attached hydrogen (secondary N) is 4. The van der Waals surface area contributed by atoms with Crippen molar-refractivity contribution in [1.82, 2.24) is 36.1 Å². The Hall–Kier alpha value is -6.51. The molecule has 3 aliphatic heterocycles. The Morgan fingerprint density at radius 3 is 2.32 bits per heavy atom. The summed E-state index contributed by atoms with van der Waals surface area (Å²) in [5, 5.41) is 12.9. The number of alkyl carbamates (subject to hydrolysis) is 2. The first-order valence-electron chi connectivity index (χ1n) is 21.5. The Morgan fingerprint density at radius 2 is 1.55 bits per heavy atom. The zero-order valence-corrected chi connectivity index (χ0v) is 35.6. The number of nitrogens with zero attached hydrogens (tertiary/aromatic N) is 4. The molecular weight excluding hydrogens is 789 g/mol. The molecule has 15 heteroatoms. The Balaban J connectivity index is 0.920. The average Bonchev–Trinajstić information content (AvgIpc) is 4.09. The van der Waals surface area contributed by atoms with Crippen LogP contribution in [0.1, 0.15) is 85.1 Å². The Labute approximate surface area is 361 Å². The fraction of sp³-hybridized carbons (Fsp3) is 0.426. The van der Waals surface area contributed by atoms with Gasteiger partial charge in [-0.05, 0) is 84.4 Å². The van der Waals surface area contributed by atoms with Crippen molar-refractivity contribution in [2.75, 3.05) is 33.9 Å². The fourth-order valence-corrected chi connectivity index (χ4v) is 9.39. The number of amidine groups is 1. The van der Waals surface area contributed by atoms with E-state index >= 15 is 0 Å². The number of amides is 5. The molecule has 2 fully saturated rings. The number of aliphatic imine (C=N–C) groups is 1. The summed E-state index contributed by atoms with van der Waals surface area (Å²) in [6.07, 6.45) is 5.24. The van der Waals surface area contributed by atoms with Crippen molar-refractivity contribution in [1.29, 1.82) is 0 Å². The third-order valence-electron chi connectivity index (χ3n) is 12.7. The van der Waals surface area contributed by atoms with Gasteiger partial charge in [0.15, 0.2) is 0 Å². The van der Waals surface area contributed by atoms with Crippen LogP contribution in [0.25, 0.3) is 22.0 Å². The monoisotopic (exact) mass is 842 g/mol. The van der Waals surface area contributed by atoms with Gasteiger partial charge in [-0.3, -0.25) is 24.4 Å². The molecule has 0 spiro atoms. The molecule has 4 aromatic rings. The first-order chi connectivity index (χ1) is 30.0. The molecule has 15 nitrogen and oxygen atoms in total. The van der Waals surface area contributed by atoms with Crippen LogP contribution in [0.15, 0.2) is 84.0 Å². The number of carbonyl (C=O) groups is 5. The van der Waals surface area contributed by atoms with Crippen molar-refractivity contribution in [3.05, 3.63) is 101 Å². The highest BCUT2D eigenvalue weighted by Crippen LogP contribution is 2.39. The smallest absolute Gasteiger partial charge is 0.407 e.